The monoisotopic (exact) mass is 284 g/mol. The van der Waals surface area contributed by atoms with Gasteiger partial charge >= 0.3 is 0 Å². The van der Waals surface area contributed by atoms with Crippen molar-refractivity contribution in [1.29, 1.82) is 0 Å². The van der Waals surface area contributed by atoms with Crippen LogP contribution in [0.2, 0.25) is 0 Å². The van der Waals surface area contributed by atoms with Crippen molar-refractivity contribution in [2.75, 3.05) is 14.2 Å². The summed E-state index contributed by atoms with van der Waals surface area (Å²) in [5.41, 5.74) is 2.43. The highest BCUT2D eigenvalue weighted by atomic mass is 16.5. The molecule has 0 unspecified atom stereocenters. The number of carbonyl (C=O) groups is 1. The van der Waals surface area contributed by atoms with Crippen molar-refractivity contribution in [3.05, 3.63) is 53.0 Å². The number of Topliss-reactive ketones (excluding diaryl/α,β-unsaturated/α-hetero) is 1. The van der Waals surface area contributed by atoms with Gasteiger partial charge in [0.05, 0.1) is 20.5 Å². The molecule has 1 aliphatic carbocycles. The number of carbonyl (C=O) groups excluding carboxylic acids is 1. The average Bonchev–Trinajstić information content (AvgIpc) is 3.02. The van der Waals surface area contributed by atoms with Crippen molar-refractivity contribution in [3.63, 3.8) is 0 Å². The van der Waals surface area contributed by atoms with E-state index >= 15 is 0 Å². The molecule has 4 heteroatoms. The van der Waals surface area contributed by atoms with Gasteiger partial charge in [-0.05, 0) is 48.7 Å². The molecular formula is C17H16O4. The molecule has 0 saturated heterocycles. The highest BCUT2D eigenvalue weighted by Crippen LogP contribution is 2.35. The number of ketones is 1. The van der Waals surface area contributed by atoms with E-state index in [1.807, 2.05) is 24.3 Å². The molecule has 1 aromatic heterocycles. The van der Waals surface area contributed by atoms with E-state index < -0.39 is 0 Å². The maximum absolute atomic E-state index is 12.6. The van der Waals surface area contributed by atoms with Crippen LogP contribution in [0.5, 0.6) is 11.5 Å². The summed E-state index contributed by atoms with van der Waals surface area (Å²) in [6, 6.07) is 7.29. The summed E-state index contributed by atoms with van der Waals surface area (Å²) in [6.07, 6.45) is 4.90. The standard InChI is InChI=1S/C17H16O4/c1-19-15-9-11-5-6-12(8-13-4-3-7-21-13)17(18)14(11)10-16(15)20-2/h3-4,7-10H,5-6H2,1-2H3. The van der Waals surface area contributed by atoms with Gasteiger partial charge < -0.3 is 13.9 Å². The molecule has 1 aliphatic rings. The summed E-state index contributed by atoms with van der Waals surface area (Å²) < 4.78 is 15.8. The lowest BCUT2D eigenvalue weighted by atomic mass is 9.86. The lowest BCUT2D eigenvalue weighted by molar-refractivity contribution is 0.102. The fourth-order valence-electron chi connectivity index (χ4n) is 2.58. The molecule has 0 saturated carbocycles. The summed E-state index contributed by atoms with van der Waals surface area (Å²) in [5, 5.41) is 0. The van der Waals surface area contributed by atoms with Gasteiger partial charge in [-0.1, -0.05) is 0 Å². The van der Waals surface area contributed by atoms with Crippen molar-refractivity contribution in [2.45, 2.75) is 12.8 Å². The van der Waals surface area contributed by atoms with Gasteiger partial charge in [-0.2, -0.15) is 0 Å². The molecule has 4 nitrogen and oxygen atoms in total. The molecule has 3 rings (SSSR count). The predicted molar refractivity (Wildman–Crippen MR) is 78.9 cm³/mol. The minimum Gasteiger partial charge on any atom is -0.493 e. The van der Waals surface area contributed by atoms with Crippen LogP contribution in [0.25, 0.3) is 6.08 Å². The number of fused-ring (bicyclic) bond motifs is 1. The van der Waals surface area contributed by atoms with Crippen LogP contribution in [0.15, 0.2) is 40.5 Å². The number of benzene rings is 1. The minimum absolute atomic E-state index is 0.0219. The molecule has 21 heavy (non-hydrogen) atoms. The Morgan fingerprint density at radius 1 is 1.14 bits per heavy atom. The van der Waals surface area contributed by atoms with Crippen molar-refractivity contribution in [2.24, 2.45) is 0 Å². The topological polar surface area (TPSA) is 48.7 Å². The third kappa shape index (κ3) is 2.44. The van der Waals surface area contributed by atoms with E-state index in [0.717, 1.165) is 17.6 Å². The van der Waals surface area contributed by atoms with Crippen LogP contribution in [0.1, 0.15) is 28.1 Å². The first kappa shape index (κ1) is 13.5. The van der Waals surface area contributed by atoms with Gasteiger partial charge in [0.15, 0.2) is 17.3 Å². The minimum atomic E-state index is 0.0219. The van der Waals surface area contributed by atoms with Gasteiger partial charge in [0.2, 0.25) is 0 Å². The number of hydrogen-bond acceptors (Lipinski definition) is 4. The summed E-state index contributed by atoms with van der Waals surface area (Å²) in [7, 11) is 3.16. The number of allylic oxidation sites excluding steroid dienone is 1. The summed E-state index contributed by atoms with van der Waals surface area (Å²) >= 11 is 0. The molecule has 0 fully saturated rings. The van der Waals surface area contributed by atoms with Gasteiger partial charge in [-0.15, -0.1) is 0 Å². The number of hydrogen-bond donors (Lipinski definition) is 0. The molecule has 0 bridgehead atoms. The van der Waals surface area contributed by atoms with E-state index in [0.29, 0.717) is 29.2 Å². The van der Waals surface area contributed by atoms with E-state index in [9.17, 15) is 4.79 Å². The van der Waals surface area contributed by atoms with Crippen molar-refractivity contribution in [3.8, 4) is 11.5 Å². The molecule has 0 amide bonds. The number of ether oxygens (including phenoxy) is 2. The molecule has 2 aromatic rings. The molecule has 0 N–H and O–H groups in total. The van der Waals surface area contributed by atoms with Gasteiger partial charge in [0.25, 0.3) is 0 Å². The Balaban J connectivity index is 2.01. The zero-order valence-electron chi connectivity index (χ0n) is 12.0. The summed E-state index contributed by atoms with van der Waals surface area (Å²) in [5.74, 6) is 1.95. The second-order valence-corrected chi connectivity index (χ2v) is 4.88. The quantitative estimate of drug-likeness (QED) is 0.809. The molecule has 0 radical (unpaired) electrons. The van der Waals surface area contributed by atoms with Crippen molar-refractivity contribution < 1.29 is 18.7 Å². The van der Waals surface area contributed by atoms with E-state index in [1.54, 1.807) is 26.5 Å². The number of rotatable bonds is 3. The van der Waals surface area contributed by atoms with Gasteiger partial charge in [-0.25, -0.2) is 0 Å². The molecule has 1 aromatic carbocycles. The molecule has 0 aliphatic heterocycles. The van der Waals surface area contributed by atoms with Crippen molar-refractivity contribution in [1.82, 2.24) is 0 Å². The lowest BCUT2D eigenvalue weighted by Gasteiger charge is -2.19. The smallest absolute Gasteiger partial charge is 0.189 e. The molecule has 1 heterocycles. The Bertz CT molecular complexity index is 696. The largest absolute Gasteiger partial charge is 0.493 e. The SMILES string of the molecule is COc1cc2c(cc1OC)C(=O)C(=Cc1ccco1)CC2. The Labute approximate surface area is 123 Å². The first-order valence-electron chi connectivity index (χ1n) is 6.76. The van der Waals surface area contributed by atoms with Crippen LogP contribution in [-0.2, 0) is 6.42 Å². The van der Waals surface area contributed by atoms with Crippen LogP contribution < -0.4 is 9.47 Å². The lowest BCUT2D eigenvalue weighted by Crippen LogP contribution is -2.14. The second-order valence-electron chi connectivity index (χ2n) is 4.88. The molecular weight excluding hydrogens is 268 g/mol. The first-order valence-corrected chi connectivity index (χ1v) is 6.76. The van der Waals surface area contributed by atoms with Gasteiger partial charge in [0.1, 0.15) is 5.76 Å². The van der Waals surface area contributed by atoms with Crippen LogP contribution >= 0.6 is 0 Å². The number of methoxy groups -OCH3 is 2. The third-order valence-electron chi connectivity index (χ3n) is 3.67. The molecule has 0 atom stereocenters. The van der Waals surface area contributed by atoms with Crippen LogP contribution in [0.3, 0.4) is 0 Å². The number of furan rings is 1. The van der Waals surface area contributed by atoms with Crippen LogP contribution in [0.4, 0.5) is 0 Å². The van der Waals surface area contributed by atoms with Crippen molar-refractivity contribution >= 4 is 11.9 Å². The van der Waals surface area contributed by atoms with Crippen LogP contribution in [-0.4, -0.2) is 20.0 Å². The molecule has 108 valence electrons. The highest BCUT2D eigenvalue weighted by Gasteiger charge is 2.24. The zero-order chi connectivity index (χ0) is 14.8. The Kier molecular flexibility index (Phi) is 3.52. The average molecular weight is 284 g/mol. The maximum Gasteiger partial charge on any atom is 0.189 e. The van der Waals surface area contributed by atoms with E-state index in [4.69, 9.17) is 13.9 Å². The number of aryl methyl sites for hydroxylation is 1. The Hall–Kier alpha value is -2.49. The Morgan fingerprint density at radius 2 is 1.90 bits per heavy atom. The predicted octanol–water partition coefficient (Wildman–Crippen LogP) is 3.51. The Morgan fingerprint density at radius 3 is 2.57 bits per heavy atom. The fraction of sp³-hybridized carbons (Fsp3) is 0.235. The second kappa shape index (κ2) is 5.48. The van der Waals surface area contributed by atoms with E-state index in [-0.39, 0.29) is 5.78 Å². The van der Waals surface area contributed by atoms with Gasteiger partial charge in [-0.3, -0.25) is 4.79 Å². The third-order valence-corrected chi connectivity index (χ3v) is 3.67. The van der Waals surface area contributed by atoms with Crippen LogP contribution in [0, 0.1) is 0 Å². The molecule has 0 spiro atoms. The highest BCUT2D eigenvalue weighted by molar-refractivity contribution is 6.13. The normalized spacial score (nSPS) is 15.9. The summed E-state index contributed by atoms with van der Waals surface area (Å²) in [4.78, 5) is 12.6. The van der Waals surface area contributed by atoms with Gasteiger partial charge in [0, 0.05) is 11.1 Å². The van der Waals surface area contributed by atoms with E-state index in [1.165, 1.54) is 0 Å². The first-order chi connectivity index (χ1) is 10.2. The fourth-order valence-corrected chi connectivity index (χ4v) is 2.58. The zero-order valence-corrected chi connectivity index (χ0v) is 12.0. The maximum atomic E-state index is 12.6. The van der Waals surface area contributed by atoms with E-state index in [2.05, 4.69) is 0 Å². The summed E-state index contributed by atoms with van der Waals surface area (Å²) in [6.45, 7) is 0.